The van der Waals surface area contributed by atoms with Gasteiger partial charge in [0, 0.05) is 0 Å². The minimum Gasteiger partial charge on any atom is -0.387 e. The summed E-state index contributed by atoms with van der Waals surface area (Å²) < 4.78 is 50.4. The van der Waals surface area contributed by atoms with E-state index in [1.54, 1.807) is 25.1 Å². The van der Waals surface area contributed by atoms with Gasteiger partial charge in [-0.1, -0.05) is 44.9 Å². The van der Waals surface area contributed by atoms with Crippen LogP contribution in [0.15, 0.2) is 35.2 Å². The van der Waals surface area contributed by atoms with Gasteiger partial charge < -0.3 is 10.3 Å². The second kappa shape index (κ2) is 10.9. The number of ketones is 1. The summed E-state index contributed by atoms with van der Waals surface area (Å²) in [5.74, 6) is -1.36. The predicted molar refractivity (Wildman–Crippen MR) is 108 cm³/mol. The highest BCUT2D eigenvalue weighted by atomic mass is 32.2. The number of hydrogen-bond donors (Lipinski definition) is 2. The normalized spacial score (nSPS) is 16.1. The minimum atomic E-state index is -4.35. The van der Waals surface area contributed by atoms with Crippen molar-refractivity contribution in [1.29, 1.82) is 5.41 Å². The molecule has 1 aromatic carbocycles. The van der Waals surface area contributed by atoms with Crippen molar-refractivity contribution in [2.75, 3.05) is 6.61 Å². The highest BCUT2D eigenvalue weighted by Gasteiger charge is 2.46. The Kier molecular flexibility index (Phi) is 9.50. The summed E-state index contributed by atoms with van der Waals surface area (Å²) in [4.78, 5) is 12.0. The first-order valence-corrected chi connectivity index (χ1v) is 12.3. The maximum absolute atomic E-state index is 13.5. The fourth-order valence-electron chi connectivity index (χ4n) is 2.54. The lowest BCUT2D eigenvalue weighted by Crippen LogP contribution is -2.37. The molecule has 28 heavy (non-hydrogen) atoms. The van der Waals surface area contributed by atoms with Crippen LogP contribution in [0.5, 0.6) is 0 Å². The summed E-state index contributed by atoms with van der Waals surface area (Å²) in [5, 5.41) is 7.66. The summed E-state index contributed by atoms with van der Waals surface area (Å²) in [7, 11) is -8.36. The number of nitrogens with one attached hydrogen (secondary N) is 1. The Balaban J connectivity index is 3.36. The zero-order valence-electron chi connectivity index (χ0n) is 16.5. The minimum absolute atomic E-state index is 0.00489. The van der Waals surface area contributed by atoms with Crippen molar-refractivity contribution in [3.8, 4) is 0 Å². The summed E-state index contributed by atoms with van der Waals surface area (Å²) in [6, 6.07) is 7.65. The van der Waals surface area contributed by atoms with Gasteiger partial charge in [0.05, 0.1) is 11.5 Å². The van der Waals surface area contributed by atoms with Crippen molar-refractivity contribution in [3.63, 3.8) is 0 Å². The lowest BCUT2D eigenvalue weighted by molar-refractivity contribution is -0.116. The number of Topliss-reactive ketones (excluding diaryl/α,β-unsaturated/α-hetero) is 1. The molecule has 3 N–H and O–H groups in total. The van der Waals surface area contributed by atoms with E-state index in [9.17, 15) is 17.8 Å². The molecule has 0 saturated heterocycles. The first kappa shape index (κ1) is 24.5. The predicted octanol–water partition coefficient (Wildman–Crippen LogP) is 3.51. The Labute approximate surface area is 166 Å². The van der Waals surface area contributed by atoms with Crippen LogP contribution in [0.2, 0.25) is 0 Å². The van der Waals surface area contributed by atoms with Crippen LogP contribution in [-0.2, 0) is 28.2 Å². The highest BCUT2D eigenvalue weighted by Crippen LogP contribution is 2.55. The average molecular weight is 432 g/mol. The zero-order chi connectivity index (χ0) is 21.4. The molecule has 3 unspecified atom stereocenters. The molecule has 0 spiro atoms. The monoisotopic (exact) mass is 432 g/mol. The molecular weight excluding hydrogens is 403 g/mol. The van der Waals surface area contributed by atoms with Crippen molar-refractivity contribution in [1.82, 2.24) is 0 Å². The van der Waals surface area contributed by atoms with Gasteiger partial charge in [-0.2, -0.15) is 0 Å². The molecule has 0 aliphatic heterocycles. The van der Waals surface area contributed by atoms with E-state index >= 15 is 0 Å². The van der Waals surface area contributed by atoms with Crippen molar-refractivity contribution in [3.05, 3.63) is 30.3 Å². The van der Waals surface area contributed by atoms with Crippen LogP contribution in [0.3, 0.4) is 0 Å². The number of sulfone groups is 1. The van der Waals surface area contributed by atoms with Crippen LogP contribution < -0.4 is 5.73 Å². The van der Waals surface area contributed by atoms with Crippen LogP contribution in [0.4, 0.5) is 0 Å². The molecule has 1 aromatic rings. The van der Waals surface area contributed by atoms with E-state index in [0.29, 0.717) is 12.8 Å². The Morgan fingerprint density at radius 1 is 1.21 bits per heavy atom. The first-order chi connectivity index (χ1) is 13.1. The largest absolute Gasteiger partial charge is 0.387 e. The highest BCUT2D eigenvalue weighted by molar-refractivity contribution is 7.92. The Bertz CT molecular complexity index is 799. The average Bonchev–Trinajstić information content (AvgIpc) is 2.61. The van der Waals surface area contributed by atoms with Crippen molar-refractivity contribution in [2.45, 2.75) is 62.4 Å². The number of nitrogens with two attached hydrogens (primary N) is 1. The molecule has 0 aliphatic carbocycles. The van der Waals surface area contributed by atoms with Crippen molar-refractivity contribution in [2.24, 2.45) is 5.73 Å². The molecular formula is C18H29N2O6PS. The van der Waals surface area contributed by atoms with Gasteiger partial charge in [0.15, 0.2) is 16.9 Å². The summed E-state index contributed by atoms with van der Waals surface area (Å²) in [6.45, 7) is 4.76. The van der Waals surface area contributed by atoms with Gasteiger partial charge in [0.25, 0.3) is 0 Å². The maximum Gasteiger partial charge on any atom is 0.349 e. The smallest absolute Gasteiger partial charge is 0.349 e. The number of hydrogen-bond acceptors (Lipinski definition) is 7. The van der Waals surface area contributed by atoms with Crippen molar-refractivity contribution >= 4 is 29.1 Å². The molecule has 158 valence electrons. The van der Waals surface area contributed by atoms with Gasteiger partial charge in [0.1, 0.15) is 5.84 Å². The Hall–Kier alpha value is -1.54. The number of unbranched alkanes of at least 4 members (excludes halogenated alkanes) is 1. The number of carbonyl (C=O) groups excluding carboxylic acids is 1. The first-order valence-electron chi connectivity index (χ1n) is 9.16. The molecule has 0 radical (unpaired) electrons. The molecule has 0 bridgehead atoms. The molecule has 0 fully saturated rings. The summed E-state index contributed by atoms with van der Waals surface area (Å²) in [5.41, 5.74) is 2.34. The fourth-order valence-corrected chi connectivity index (χ4v) is 6.67. The van der Waals surface area contributed by atoms with Crippen LogP contribution in [0.1, 0.15) is 46.5 Å². The second-order valence-electron chi connectivity index (χ2n) is 6.38. The second-order valence-corrected chi connectivity index (χ2v) is 10.5. The number of carbonyl (C=O) groups is 1. The SMILES string of the molecule is CCCCOP(=O)(OC(CCC)S(=O)(=O)c1ccccc1)C(C(=N)N)C(C)=O. The van der Waals surface area contributed by atoms with Gasteiger partial charge in [-0.05, 0) is 31.9 Å². The van der Waals surface area contributed by atoms with Crippen LogP contribution in [-0.4, -0.2) is 37.7 Å². The molecule has 0 amide bonds. The fraction of sp³-hybridized carbons (Fsp3) is 0.556. The van der Waals surface area contributed by atoms with Crippen LogP contribution in [0.25, 0.3) is 0 Å². The number of amidine groups is 1. The van der Waals surface area contributed by atoms with E-state index in [0.717, 1.165) is 13.3 Å². The standard InChI is InChI=1S/C18H29N2O6PS/c1-4-6-13-25-27(22,17(14(3)21)18(19)20)26-16(10-5-2)28(23,24)15-11-8-7-9-12-15/h7-9,11-12,16-17H,4-6,10,13H2,1-3H3,(H3,19,20). The van der Waals surface area contributed by atoms with Gasteiger partial charge in [-0.3, -0.25) is 19.3 Å². The van der Waals surface area contributed by atoms with E-state index in [1.165, 1.54) is 12.1 Å². The molecule has 0 aromatic heterocycles. The van der Waals surface area contributed by atoms with Gasteiger partial charge in [-0.25, -0.2) is 8.42 Å². The molecule has 10 heteroatoms. The van der Waals surface area contributed by atoms with Gasteiger partial charge >= 0.3 is 7.60 Å². The van der Waals surface area contributed by atoms with Gasteiger partial charge in [0.2, 0.25) is 9.84 Å². The molecule has 0 aliphatic rings. The van der Waals surface area contributed by atoms with Crippen molar-refractivity contribution < 1.29 is 26.8 Å². The molecule has 8 nitrogen and oxygen atoms in total. The summed E-state index contributed by atoms with van der Waals surface area (Å²) >= 11 is 0. The number of benzene rings is 1. The molecule has 0 heterocycles. The van der Waals surface area contributed by atoms with Crippen LogP contribution in [0, 0.1) is 5.41 Å². The summed E-state index contributed by atoms with van der Waals surface area (Å²) in [6.07, 6.45) is 1.72. The van der Waals surface area contributed by atoms with Gasteiger partial charge in [-0.15, -0.1) is 0 Å². The molecule has 3 atom stereocenters. The zero-order valence-corrected chi connectivity index (χ0v) is 18.2. The third-order valence-electron chi connectivity index (χ3n) is 3.97. The molecule has 0 saturated carbocycles. The van der Waals surface area contributed by atoms with E-state index < -0.39 is 40.1 Å². The van der Waals surface area contributed by atoms with E-state index in [2.05, 4.69) is 0 Å². The molecule has 1 rings (SSSR count). The van der Waals surface area contributed by atoms with Crippen LogP contribution >= 0.6 is 7.60 Å². The topological polar surface area (TPSA) is 137 Å². The van der Waals surface area contributed by atoms with E-state index in [-0.39, 0.29) is 17.9 Å². The van der Waals surface area contributed by atoms with E-state index in [1.807, 2.05) is 6.92 Å². The maximum atomic E-state index is 13.5. The third kappa shape index (κ3) is 6.24. The number of rotatable bonds is 13. The lowest BCUT2D eigenvalue weighted by atomic mass is 10.3. The quantitative estimate of drug-likeness (QED) is 0.211. The Morgan fingerprint density at radius 3 is 2.29 bits per heavy atom. The Morgan fingerprint density at radius 2 is 1.82 bits per heavy atom. The third-order valence-corrected chi connectivity index (χ3v) is 8.43. The lowest BCUT2D eigenvalue weighted by Gasteiger charge is -2.28. The van der Waals surface area contributed by atoms with E-state index in [4.69, 9.17) is 20.2 Å².